The van der Waals surface area contributed by atoms with Crippen molar-refractivity contribution in [2.75, 3.05) is 0 Å². The average Bonchev–Trinajstić information content (AvgIpc) is 3.18. The van der Waals surface area contributed by atoms with Crippen LogP contribution in [0.2, 0.25) is 0 Å². The standard InChI is InChI=1S/C15H13F4N3O2S/c16-10-7-11(8-4-2-1-3-5-8)22-13(10)20-14(21-22)25(23,24)12-6-9(12)15(17,18)19/h1-5,9-12H,6-7H2/t9-,10-,11-,12-/m0/s1. The Morgan fingerprint density at radius 3 is 2.40 bits per heavy atom. The van der Waals surface area contributed by atoms with Gasteiger partial charge in [-0.05, 0) is 12.0 Å². The van der Waals surface area contributed by atoms with Crippen LogP contribution in [0, 0.1) is 5.92 Å². The fourth-order valence-corrected chi connectivity index (χ4v) is 4.97. The van der Waals surface area contributed by atoms with Crippen molar-refractivity contribution in [3.05, 3.63) is 41.7 Å². The Morgan fingerprint density at radius 2 is 1.80 bits per heavy atom. The second-order valence-electron chi connectivity index (χ2n) is 6.29. The molecule has 2 aromatic rings. The molecule has 10 heteroatoms. The fraction of sp³-hybridized carbons (Fsp3) is 0.467. The van der Waals surface area contributed by atoms with Crippen molar-refractivity contribution in [3.63, 3.8) is 0 Å². The van der Waals surface area contributed by atoms with Gasteiger partial charge in [0.2, 0.25) is 9.84 Å². The Hall–Kier alpha value is -1.97. The summed E-state index contributed by atoms with van der Waals surface area (Å²) >= 11 is 0. The molecule has 0 saturated heterocycles. The molecule has 4 rings (SSSR count). The van der Waals surface area contributed by atoms with E-state index < -0.39 is 51.0 Å². The molecule has 1 aromatic heterocycles. The number of nitrogens with zero attached hydrogens (tertiary/aromatic N) is 3. The first kappa shape index (κ1) is 16.5. The summed E-state index contributed by atoms with van der Waals surface area (Å²) in [6.07, 6.45) is -6.53. The van der Waals surface area contributed by atoms with Crippen LogP contribution in [0.15, 0.2) is 35.5 Å². The molecule has 1 aromatic carbocycles. The van der Waals surface area contributed by atoms with E-state index in [2.05, 4.69) is 10.1 Å². The predicted molar refractivity (Wildman–Crippen MR) is 78.2 cm³/mol. The van der Waals surface area contributed by atoms with Crippen LogP contribution in [0.3, 0.4) is 0 Å². The Morgan fingerprint density at radius 1 is 1.12 bits per heavy atom. The second kappa shape index (κ2) is 5.26. The highest BCUT2D eigenvalue weighted by atomic mass is 32.2. The van der Waals surface area contributed by atoms with Gasteiger partial charge in [-0.15, -0.1) is 5.10 Å². The lowest BCUT2D eigenvalue weighted by Crippen LogP contribution is -2.20. The minimum absolute atomic E-state index is 0.0638. The SMILES string of the molecule is O=S(=O)(c1nc2n(n1)[C@H](c1ccccc1)C[C@@H]2F)[C@H]1C[C@@H]1C(F)(F)F. The molecule has 0 amide bonds. The molecule has 0 spiro atoms. The molecule has 0 N–H and O–H groups in total. The van der Waals surface area contributed by atoms with Gasteiger partial charge in [-0.3, -0.25) is 0 Å². The average molecular weight is 375 g/mol. The minimum atomic E-state index is -4.57. The van der Waals surface area contributed by atoms with Gasteiger partial charge in [0.15, 0.2) is 12.0 Å². The number of sulfone groups is 1. The summed E-state index contributed by atoms with van der Waals surface area (Å²) in [5.74, 6) is -2.06. The summed E-state index contributed by atoms with van der Waals surface area (Å²) in [7, 11) is -4.33. The highest BCUT2D eigenvalue weighted by Crippen LogP contribution is 2.50. The zero-order valence-electron chi connectivity index (χ0n) is 12.7. The van der Waals surface area contributed by atoms with Crippen molar-refractivity contribution in [1.82, 2.24) is 14.8 Å². The van der Waals surface area contributed by atoms with Gasteiger partial charge in [0.1, 0.15) is 0 Å². The predicted octanol–water partition coefficient (Wildman–Crippen LogP) is 3.01. The van der Waals surface area contributed by atoms with Crippen molar-refractivity contribution in [3.8, 4) is 0 Å². The van der Waals surface area contributed by atoms with Gasteiger partial charge in [-0.2, -0.15) is 18.2 Å². The van der Waals surface area contributed by atoms with E-state index in [9.17, 15) is 26.0 Å². The van der Waals surface area contributed by atoms with Crippen LogP contribution in [-0.2, 0) is 9.84 Å². The van der Waals surface area contributed by atoms with Crippen LogP contribution in [0.25, 0.3) is 0 Å². The summed E-state index contributed by atoms with van der Waals surface area (Å²) in [5.41, 5.74) is 0.734. The van der Waals surface area contributed by atoms with Crippen LogP contribution in [0.5, 0.6) is 0 Å². The Labute approximate surface area is 140 Å². The number of benzene rings is 1. The number of aromatic nitrogens is 3. The van der Waals surface area contributed by atoms with Crippen molar-refractivity contribution < 1.29 is 26.0 Å². The van der Waals surface area contributed by atoms with Crippen LogP contribution in [-0.4, -0.2) is 34.6 Å². The number of hydrogen-bond donors (Lipinski definition) is 0. The molecule has 4 atom stereocenters. The topological polar surface area (TPSA) is 64.8 Å². The largest absolute Gasteiger partial charge is 0.393 e. The van der Waals surface area contributed by atoms with Gasteiger partial charge in [-0.25, -0.2) is 17.5 Å². The first-order valence-corrected chi connectivity index (χ1v) is 9.20. The van der Waals surface area contributed by atoms with Gasteiger partial charge < -0.3 is 0 Å². The molecule has 0 unspecified atom stereocenters. The van der Waals surface area contributed by atoms with Gasteiger partial charge in [0.05, 0.1) is 17.2 Å². The van der Waals surface area contributed by atoms with Gasteiger partial charge >= 0.3 is 6.18 Å². The summed E-state index contributed by atoms with van der Waals surface area (Å²) in [6, 6.07) is 8.28. The molecule has 2 heterocycles. The normalized spacial score (nSPS) is 28.8. The molecule has 1 saturated carbocycles. The van der Waals surface area contributed by atoms with Gasteiger partial charge in [0, 0.05) is 6.42 Å². The van der Waals surface area contributed by atoms with Gasteiger partial charge in [0.25, 0.3) is 5.16 Å². The molecular formula is C15H13F4N3O2S. The Balaban J connectivity index is 1.68. The third kappa shape index (κ3) is 2.62. The summed E-state index contributed by atoms with van der Waals surface area (Å²) in [5, 5.41) is 1.56. The maximum absolute atomic E-state index is 14.2. The molecule has 5 nitrogen and oxygen atoms in total. The maximum atomic E-state index is 14.2. The van der Waals surface area contributed by atoms with E-state index in [1.807, 2.05) is 0 Å². The zero-order valence-corrected chi connectivity index (χ0v) is 13.5. The highest BCUT2D eigenvalue weighted by molar-refractivity contribution is 7.92. The monoisotopic (exact) mass is 375 g/mol. The lowest BCUT2D eigenvalue weighted by Gasteiger charge is -2.11. The first-order chi connectivity index (χ1) is 11.7. The number of rotatable bonds is 3. The third-order valence-corrected chi connectivity index (χ3v) is 6.63. The molecule has 0 radical (unpaired) electrons. The van der Waals surface area contributed by atoms with Crippen LogP contribution >= 0.6 is 0 Å². The number of hydrogen-bond acceptors (Lipinski definition) is 4. The lowest BCUT2D eigenvalue weighted by atomic mass is 10.0. The molecule has 1 aliphatic carbocycles. The Bertz CT molecular complexity index is 911. The lowest BCUT2D eigenvalue weighted by molar-refractivity contribution is -0.146. The molecule has 0 bridgehead atoms. The van der Waals surface area contributed by atoms with Crippen LogP contribution in [0.1, 0.15) is 36.4 Å². The van der Waals surface area contributed by atoms with E-state index >= 15 is 0 Å². The van der Waals surface area contributed by atoms with Crippen molar-refractivity contribution >= 4 is 9.84 Å². The summed E-state index contributed by atoms with van der Waals surface area (Å²) in [4.78, 5) is 3.72. The van der Waals surface area contributed by atoms with Crippen molar-refractivity contribution in [1.29, 1.82) is 0 Å². The van der Waals surface area contributed by atoms with E-state index in [1.54, 1.807) is 30.3 Å². The first-order valence-electron chi connectivity index (χ1n) is 7.65. The van der Waals surface area contributed by atoms with Gasteiger partial charge in [-0.1, -0.05) is 30.3 Å². The van der Waals surface area contributed by atoms with Crippen molar-refractivity contribution in [2.24, 2.45) is 5.92 Å². The fourth-order valence-electron chi connectivity index (χ4n) is 3.23. The van der Waals surface area contributed by atoms with Crippen LogP contribution < -0.4 is 0 Å². The Kier molecular flexibility index (Phi) is 3.47. The van der Waals surface area contributed by atoms with E-state index in [1.165, 1.54) is 4.68 Å². The van der Waals surface area contributed by atoms with E-state index in [-0.39, 0.29) is 12.2 Å². The van der Waals surface area contributed by atoms with E-state index in [4.69, 9.17) is 0 Å². The molecule has 1 fully saturated rings. The summed E-state index contributed by atoms with van der Waals surface area (Å²) in [6.45, 7) is 0. The molecule has 2 aliphatic rings. The molecular weight excluding hydrogens is 362 g/mol. The van der Waals surface area contributed by atoms with Crippen molar-refractivity contribution in [2.45, 2.75) is 41.6 Å². The number of fused-ring (bicyclic) bond motifs is 1. The quantitative estimate of drug-likeness (QED) is 0.774. The zero-order chi connectivity index (χ0) is 18.0. The van der Waals surface area contributed by atoms with E-state index in [0.29, 0.717) is 0 Å². The minimum Gasteiger partial charge on any atom is -0.239 e. The third-order valence-electron chi connectivity index (χ3n) is 4.63. The molecule has 1 aliphatic heterocycles. The second-order valence-corrected chi connectivity index (χ2v) is 8.35. The number of alkyl halides is 4. The maximum Gasteiger partial charge on any atom is 0.393 e. The van der Waals surface area contributed by atoms with E-state index in [0.717, 1.165) is 5.56 Å². The molecule has 134 valence electrons. The smallest absolute Gasteiger partial charge is 0.239 e. The molecule has 25 heavy (non-hydrogen) atoms. The highest BCUT2D eigenvalue weighted by Gasteiger charge is 2.62. The summed E-state index contributed by atoms with van der Waals surface area (Å²) < 4.78 is 78.1. The number of halogens is 4. The van der Waals surface area contributed by atoms with Crippen LogP contribution in [0.4, 0.5) is 17.6 Å².